The molecule has 2 heterocycles. The Balaban J connectivity index is 2.00. The smallest absolute Gasteiger partial charge is 0.0777 e. The number of para-hydroxylation sites is 1. The van der Waals surface area contributed by atoms with Crippen LogP contribution in [0.1, 0.15) is 5.56 Å². The molecule has 1 aromatic carbocycles. The number of hydrogen-bond acceptors (Lipinski definition) is 4. The van der Waals surface area contributed by atoms with E-state index in [-0.39, 0.29) is 6.61 Å². The van der Waals surface area contributed by atoms with Gasteiger partial charge in [0, 0.05) is 49.2 Å². The van der Waals surface area contributed by atoms with Crippen LogP contribution in [0.5, 0.6) is 0 Å². The number of likely N-dealkylation sites (N-methyl/N-ethyl adjacent to an activating group) is 1. The maximum absolute atomic E-state index is 9.56. The molecule has 4 nitrogen and oxygen atoms in total. The predicted molar refractivity (Wildman–Crippen MR) is 85.3 cm³/mol. The van der Waals surface area contributed by atoms with Crippen LogP contribution in [0.3, 0.4) is 0 Å². The molecule has 1 aromatic heterocycles. The van der Waals surface area contributed by atoms with Gasteiger partial charge in [0.25, 0.3) is 0 Å². The minimum absolute atomic E-state index is 0.0141. The molecule has 0 atom stereocenters. The quantitative estimate of drug-likeness (QED) is 0.935. The largest absolute Gasteiger partial charge is 0.392 e. The number of hydrogen-bond donors (Lipinski definition) is 1. The summed E-state index contributed by atoms with van der Waals surface area (Å²) in [5, 5.41) is 9.56. The molecular weight excluding hydrogens is 262 g/mol. The predicted octanol–water partition coefficient (Wildman–Crippen LogP) is 1.99. The van der Waals surface area contributed by atoms with E-state index in [0.29, 0.717) is 0 Å². The van der Waals surface area contributed by atoms with Gasteiger partial charge in [-0.25, -0.2) is 0 Å². The van der Waals surface area contributed by atoms with Gasteiger partial charge >= 0.3 is 0 Å². The van der Waals surface area contributed by atoms with Gasteiger partial charge in [-0.1, -0.05) is 24.3 Å². The molecule has 4 heteroatoms. The van der Waals surface area contributed by atoms with E-state index in [2.05, 4.69) is 40.0 Å². The van der Waals surface area contributed by atoms with E-state index in [9.17, 15) is 5.11 Å². The van der Waals surface area contributed by atoms with Gasteiger partial charge < -0.3 is 14.9 Å². The van der Waals surface area contributed by atoms with Crippen molar-refractivity contribution in [3.63, 3.8) is 0 Å². The van der Waals surface area contributed by atoms with Gasteiger partial charge in [0.05, 0.1) is 12.3 Å². The summed E-state index contributed by atoms with van der Waals surface area (Å²) in [5.41, 5.74) is 4.07. The molecule has 3 rings (SSSR count). The Bertz CT molecular complexity index is 606. The fraction of sp³-hybridized carbons (Fsp3) is 0.353. The second-order valence-electron chi connectivity index (χ2n) is 5.48. The summed E-state index contributed by atoms with van der Waals surface area (Å²) in [5.74, 6) is 0. The third-order valence-corrected chi connectivity index (χ3v) is 4.06. The van der Waals surface area contributed by atoms with Crippen LogP contribution >= 0.6 is 0 Å². The number of anilines is 1. The summed E-state index contributed by atoms with van der Waals surface area (Å²) >= 11 is 0. The van der Waals surface area contributed by atoms with Crippen molar-refractivity contribution in [3.8, 4) is 11.3 Å². The van der Waals surface area contributed by atoms with Crippen molar-refractivity contribution < 1.29 is 5.11 Å². The maximum atomic E-state index is 9.56. The number of nitrogens with zero attached hydrogens (tertiary/aromatic N) is 3. The second kappa shape index (κ2) is 6.24. The highest BCUT2D eigenvalue weighted by atomic mass is 16.3. The summed E-state index contributed by atoms with van der Waals surface area (Å²) in [6.07, 6.45) is 1.79. The molecule has 0 bridgehead atoms. The van der Waals surface area contributed by atoms with Crippen molar-refractivity contribution in [2.24, 2.45) is 0 Å². The Hall–Kier alpha value is -1.91. The normalized spacial score (nSPS) is 16.2. The van der Waals surface area contributed by atoms with Crippen molar-refractivity contribution in [2.75, 3.05) is 38.1 Å². The SMILES string of the molecule is CN1CCN(c2ccccc2-c2ncccc2CO)CC1. The van der Waals surface area contributed by atoms with Crippen molar-refractivity contribution in [1.29, 1.82) is 0 Å². The zero-order chi connectivity index (χ0) is 14.7. The first-order chi connectivity index (χ1) is 10.3. The van der Waals surface area contributed by atoms with Crippen LogP contribution in [0.2, 0.25) is 0 Å². The molecule has 0 aliphatic carbocycles. The average Bonchev–Trinajstić information content (AvgIpc) is 2.55. The first-order valence-electron chi connectivity index (χ1n) is 7.37. The molecule has 21 heavy (non-hydrogen) atoms. The van der Waals surface area contributed by atoms with Gasteiger partial charge in [-0.2, -0.15) is 0 Å². The fourth-order valence-electron chi connectivity index (χ4n) is 2.81. The first-order valence-corrected chi connectivity index (χ1v) is 7.37. The number of aromatic nitrogens is 1. The molecule has 1 aliphatic heterocycles. The average molecular weight is 283 g/mol. The second-order valence-corrected chi connectivity index (χ2v) is 5.48. The standard InChI is InChI=1S/C17H21N3O/c1-19-9-11-20(12-10-19)16-7-3-2-6-15(16)17-14(13-21)5-4-8-18-17/h2-8,21H,9-13H2,1H3. The molecule has 110 valence electrons. The van der Waals surface area contributed by atoms with E-state index < -0.39 is 0 Å². The summed E-state index contributed by atoms with van der Waals surface area (Å²) in [7, 11) is 2.16. The molecule has 1 fully saturated rings. The maximum Gasteiger partial charge on any atom is 0.0777 e. The van der Waals surface area contributed by atoms with Crippen LogP contribution < -0.4 is 4.90 Å². The molecule has 0 amide bonds. The van der Waals surface area contributed by atoms with E-state index in [1.54, 1.807) is 6.20 Å². The van der Waals surface area contributed by atoms with E-state index >= 15 is 0 Å². The highest BCUT2D eigenvalue weighted by Crippen LogP contribution is 2.32. The third-order valence-electron chi connectivity index (χ3n) is 4.06. The Morgan fingerprint density at radius 3 is 2.57 bits per heavy atom. The van der Waals surface area contributed by atoms with Crippen LogP contribution in [-0.2, 0) is 6.61 Å². The number of benzene rings is 1. The van der Waals surface area contributed by atoms with E-state index in [4.69, 9.17) is 0 Å². The van der Waals surface area contributed by atoms with Gasteiger partial charge in [0.2, 0.25) is 0 Å². The van der Waals surface area contributed by atoms with Crippen LogP contribution in [-0.4, -0.2) is 48.2 Å². The number of pyridine rings is 1. The van der Waals surface area contributed by atoms with Crippen LogP contribution in [0.15, 0.2) is 42.6 Å². The number of aliphatic hydroxyl groups is 1. The lowest BCUT2D eigenvalue weighted by Gasteiger charge is -2.35. The summed E-state index contributed by atoms with van der Waals surface area (Å²) in [6.45, 7) is 4.21. The number of piperazine rings is 1. The zero-order valence-corrected chi connectivity index (χ0v) is 12.4. The third kappa shape index (κ3) is 2.91. The van der Waals surface area contributed by atoms with Gasteiger partial charge in [-0.3, -0.25) is 4.98 Å². The van der Waals surface area contributed by atoms with E-state index in [0.717, 1.165) is 43.0 Å². The van der Waals surface area contributed by atoms with E-state index in [1.807, 2.05) is 18.2 Å². The van der Waals surface area contributed by atoms with Gasteiger partial charge in [0.1, 0.15) is 0 Å². The van der Waals surface area contributed by atoms with Gasteiger partial charge in [-0.05, 0) is 19.2 Å². The zero-order valence-electron chi connectivity index (χ0n) is 12.4. The number of aliphatic hydroxyl groups excluding tert-OH is 1. The molecule has 1 saturated heterocycles. The molecule has 0 unspecified atom stereocenters. The molecule has 2 aromatic rings. The van der Waals surface area contributed by atoms with Crippen molar-refractivity contribution >= 4 is 5.69 Å². The molecular formula is C17H21N3O. The van der Waals surface area contributed by atoms with Crippen LogP contribution in [0, 0.1) is 0 Å². The van der Waals surface area contributed by atoms with Gasteiger partial charge in [0.15, 0.2) is 0 Å². The topological polar surface area (TPSA) is 39.6 Å². The number of rotatable bonds is 3. The minimum Gasteiger partial charge on any atom is -0.392 e. The minimum atomic E-state index is 0.0141. The lowest BCUT2D eigenvalue weighted by atomic mass is 10.0. The highest BCUT2D eigenvalue weighted by molar-refractivity contribution is 5.78. The Morgan fingerprint density at radius 2 is 1.81 bits per heavy atom. The van der Waals surface area contributed by atoms with Crippen molar-refractivity contribution in [3.05, 3.63) is 48.2 Å². The summed E-state index contributed by atoms with van der Waals surface area (Å²) in [6, 6.07) is 12.1. The van der Waals surface area contributed by atoms with Crippen molar-refractivity contribution in [1.82, 2.24) is 9.88 Å². The molecule has 0 spiro atoms. The van der Waals surface area contributed by atoms with Gasteiger partial charge in [-0.15, -0.1) is 0 Å². The lowest BCUT2D eigenvalue weighted by Crippen LogP contribution is -2.44. The molecule has 1 N–H and O–H groups in total. The molecule has 1 aliphatic rings. The highest BCUT2D eigenvalue weighted by Gasteiger charge is 2.18. The Kier molecular flexibility index (Phi) is 4.18. The molecule has 0 saturated carbocycles. The van der Waals surface area contributed by atoms with Crippen molar-refractivity contribution in [2.45, 2.75) is 6.61 Å². The Morgan fingerprint density at radius 1 is 1.05 bits per heavy atom. The van der Waals surface area contributed by atoms with Crippen LogP contribution in [0.4, 0.5) is 5.69 Å². The summed E-state index contributed by atoms with van der Waals surface area (Å²) in [4.78, 5) is 9.25. The fourth-order valence-corrected chi connectivity index (χ4v) is 2.81. The Labute approximate surface area is 125 Å². The lowest BCUT2D eigenvalue weighted by molar-refractivity contribution is 0.282. The summed E-state index contributed by atoms with van der Waals surface area (Å²) < 4.78 is 0. The molecule has 0 radical (unpaired) electrons. The van der Waals surface area contributed by atoms with E-state index in [1.165, 1.54) is 5.69 Å². The monoisotopic (exact) mass is 283 g/mol. The first kappa shape index (κ1) is 14.0. The van der Waals surface area contributed by atoms with Crippen LogP contribution in [0.25, 0.3) is 11.3 Å².